The number of carboxylic acid groups (broad SMARTS) is 1. The quantitative estimate of drug-likeness (QED) is 0.702. The summed E-state index contributed by atoms with van der Waals surface area (Å²) in [7, 11) is 0. The summed E-state index contributed by atoms with van der Waals surface area (Å²) in [6.45, 7) is 0. The molecule has 0 aliphatic heterocycles. The fourth-order valence-electron chi connectivity index (χ4n) is 1.37. The molecule has 5 nitrogen and oxygen atoms in total. The summed E-state index contributed by atoms with van der Waals surface area (Å²) in [6.07, 6.45) is 0. The van der Waals surface area contributed by atoms with Crippen LogP contribution >= 0.6 is 33.9 Å². The van der Waals surface area contributed by atoms with Gasteiger partial charge in [-0.1, -0.05) is 0 Å². The molecule has 3 N–H and O–H groups in total. The Hall–Kier alpha value is -1.61. The summed E-state index contributed by atoms with van der Waals surface area (Å²) < 4.78 is 1.06. The smallest absolute Gasteiger partial charge is 0.338 e. The van der Waals surface area contributed by atoms with E-state index in [1.165, 1.54) is 17.4 Å². The number of urea groups is 1. The molecular formula is C12H9IN2O3S. The zero-order valence-electron chi connectivity index (χ0n) is 9.51. The van der Waals surface area contributed by atoms with Gasteiger partial charge in [-0.2, -0.15) is 0 Å². The first kappa shape index (κ1) is 13.8. The number of aromatic carboxylic acids is 1. The molecule has 0 bridgehead atoms. The van der Waals surface area contributed by atoms with E-state index in [2.05, 4.69) is 33.2 Å². The lowest BCUT2D eigenvalue weighted by atomic mass is 10.3. The van der Waals surface area contributed by atoms with Crippen LogP contribution in [0.4, 0.5) is 15.5 Å². The van der Waals surface area contributed by atoms with Crippen molar-refractivity contribution in [1.29, 1.82) is 0 Å². The number of nitrogens with one attached hydrogen (secondary N) is 2. The van der Waals surface area contributed by atoms with E-state index in [1.807, 2.05) is 12.1 Å². The highest BCUT2D eigenvalue weighted by atomic mass is 127. The molecule has 0 spiro atoms. The number of anilines is 2. The molecule has 1 aromatic carbocycles. The average molecular weight is 388 g/mol. The summed E-state index contributed by atoms with van der Waals surface area (Å²) in [5, 5.41) is 16.0. The van der Waals surface area contributed by atoms with E-state index < -0.39 is 12.0 Å². The first-order valence-electron chi connectivity index (χ1n) is 5.20. The number of benzene rings is 1. The van der Waals surface area contributed by atoms with E-state index in [4.69, 9.17) is 5.11 Å². The lowest BCUT2D eigenvalue weighted by Crippen LogP contribution is -2.19. The number of thiophene rings is 1. The largest absolute Gasteiger partial charge is 0.478 e. The zero-order valence-corrected chi connectivity index (χ0v) is 12.5. The second kappa shape index (κ2) is 6.02. The number of halogens is 1. The molecule has 98 valence electrons. The maximum atomic E-state index is 11.7. The van der Waals surface area contributed by atoms with Crippen LogP contribution in [-0.2, 0) is 0 Å². The number of amides is 2. The summed E-state index contributed by atoms with van der Waals surface area (Å²) in [6, 6.07) is 8.26. The van der Waals surface area contributed by atoms with Crippen molar-refractivity contribution in [3.8, 4) is 0 Å². The van der Waals surface area contributed by atoms with Gasteiger partial charge in [-0.05, 0) is 58.3 Å². The molecule has 2 aromatic rings. The van der Waals surface area contributed by atoms with Crippen molar-refractivity contribution in [2.45, 2.75) is 0 Å². The van der Waals surface area contributed by atoms with Gasteiger partial charge in [0, 0.05) is 9.26 Å². The van der Waals surface area contributed by atoms with Crippen molar-refractivity contribution in [2.75, 3.05) is 10.6 Å². The Morgan fingerprint density at radius 1 is 1.11 bits per heavy atom. The summed E-state index contributed by atoms with van der Waals surface area (Å²) in [5.74, 6) is -1.06. The number of carbonyl (C=O) groups excluding carboxylic acids is 1. The van der Waals surface area contributed by atoms with Gasteiger partial charge in [0.2, 0.25) is 0 Å². The predicted molar refractivity (Wildman–Crippen MR) is 83.1 cm³/mol. The molecule has 0 aliphatic carbocycles. The number of rotatable bonds is 3. The Morgan fingerprint density at radius 2 is 1.79 bits per heavy atom. The molecule has 2 rings (SSSR count). The van der Waals surface area contributed by atoms with Gasteiger partial charge in [-0.15, -0.1) is 11.3 Å². The molecule has 1 aromatic heterocycles. The van der Waals surface area contributed by atoms with Gasteiger partial charge in [0.05, 0.1) is 5.56 Å². The maximum absolute atomic E-state index is 11.7. The minimum atomic E-state index is -1.06. The van der Waals surface area contributed by atoms with Crippen LogP contribution in [-0.4, -0.2) is 17.1 Å². The Labute approximate surface area is 126 Å². The third kappa shape index (κ3) is 3.67. The van der Waals surface area contributed by atoms with E-state index in [9.17, 15) is 9.59 Å². The van der Waals surface area contributed by atoms with Crippen LogP contribution in [0.5, 0.6) is 0 Å². The van der Waals surface area contributed by atoms with E-state index in [1.54, 1.807) is 17.5 Å². The van der Waals surface area contributed by atoms with Crippen LogP contribution in [0.2, 0.25) is 0 Å². The van der Waals surface area contributed by atoms with Gasteiger partial charge in [0.25, 0.3) is 0 Å². The molecule has 0 saturated heterocycles. The van der Waals surface area contributed by atoms with Gasteiger partial charge < -0.3 is 10.4 Å². The Kier molecular flexibility index (Phi) is 4.38. The predicted octanol–water partition coefficient (Wildman–Crippen LogP) is 3.69. The molecule has 0 radical (unpaired) electrons. The molecule has 1 heterocycles. The first-order valence-corrected chi connectivity index (χ1v) is 7.16. The first-order chi connectivity index (χ1) is 9.06. The van der Waals surface area contributed by atoms with Crippen LogP contribution in [0.25, 0.3) is 0 Å². The van der Waals surface area contributed by atoms with Crippen LogP contribution in [0, 0.1) is 3.57 Å². The molecule has 0 atom stereocenters. The molecule has 0 unspecified atom stereocenters. The normalized spacial score (nSPS) is 9.95. The monoisotopic (exact) mass is 388 g/mol. The highest BCUT2D eigenvalue weighted by molar-refractivity contribution is 14.1. The zero-order chi connectivity index (χ0) is 13.8. The van der Waals surface area contributed by atoms with Crippen molar-refractivity contribution in [3.05, 3.63) is 44.8 Å². The van der Waals surface area contributed by atoms with Gasteiger partial charge in [0.15, 0.2) is 0 Å². The lowest BCUT2D eigenvalue weighted by molar-refractivity contribution is 0.0698. The van der Waals surface area contributed by atoms with Crippen LogP contribution in [0.15, 0.2) is 35.7 Å². The molecule has 7 heteroatoms. The number of hydrogen-bond donors (Lipinski definition) is 3. The van der Waals surface area contributed by atoms with Crippen LogP contribution < -0.4 is 10.6 Å². The number of carbonyl (C=O) groups is 2. The van der Waals surface area contributed by atoms with E-state index in [0.29, 0.717) is 10.7 Å². The third-order valence-corrected chi connectivity index (χ3v) is 3.77. The molecule has 0 saturated carbocycles. The summed E-state index contributed by atoms with van der Waals surface area (Å²) >= 11 is 3.33. The Bertz CT molecular complexity index is 610. The summed E-state index contributed by atoms with van der Waals surface area (Å²) in [4.78, 5) is 22.6. The fourth-order valence-corrected chi connectivity index (χ4v) is 2.51. The number of carboxylic acids is 1. The highest BCUT2D eigenvalue weighted by Crippen LogP contribution is 2.23. The van der Waals surface area contributed by atoms with Crippen LogP contribution in [0.1, 0.15) is 10.4 Å². The minimum absolute atomic E-state index is 0.0859. The van der Waals surface area contributed by atoms with Crippen LogP contribution in [0.3, 0.4) is 0 Å². The second-order valence-corrected chi connectivity index (χ2v) is 5.72. The molecular weight excluding hydrogens is 379 g/mol. The van der Waals surface area contributed by atoms with Gasteiger partial charge in [-0.25, -0.2) is 9.59 Å². The molecule has 0 fully saturated rings. The van der Waals surface area contributed by atoms with Gasteiger partial charge >= 0.3 is 12.0 Å². The Morgan fingerprint density at radius 3 is 2.42 bits per heavy atom. The maximum Gasteiger partial charge on any atom is 0.338 e. The van der Waals surface area contributed by atoms with E-state index in [0.717, 1.165) is 3.57 Å². The van der Waals surface area contributed by atoms with Crippen molar-refractivity contribution >= 4 is 56.6 Å². The standard InChI is InChI=1S/C12H9IN2O3S/c13-7-1-3-8(4-2-7)14-12(18)15-10-9(11(16)17)5-6-19-10/h1-6H,(H,16,17)(H2,14,15,18). The lowest BCUT2D eigenvalue weighted by Gasteiger charge is -2.06. The second-order valence-electron chi connectivity index (χ2n) is 3.55. The molecule has 0 aliphatic rings. The Balaban J connectivity index is 2.03. The van der Waals surface area contributed by atoms with E-state index in [-0.39, 0.29) is 5.56 Å². The number of hydrogen-bond acceptors (Lipinski definition) is 3. The fraction of sp³-hybridized carbons (Fsp3) is 0. The summed E-state index contributed by atoms with van der Waals surface area (Å²) in [5.41, 5.74) is 0.731. The van der Waals surface area contributed by atoms with Crippen molar-refractivity contribution < 1.29 is 14.7 Å². The van der Waals surface area contributed by atoms with Gasteiger partial charge in [-0.3, -0.25) is 5.32 Å². The average Bonchev–Trinajstić information content (AvgIpc) is 2.80. The van der Waals surface area contributed by atoms with Gasteiger partial charge in [0.1, 0.15) is 5.00 Å². The molecule has 2 amide bonds. The topological polar surface area (TPSA) is 78.4 Å². The van der Waals surface area contributed by atoms with Crippen molar-refractivity contribution in [1.82, 2.24) is 0 Å². The highest BCUT2D eigenvalue weighted by Gasteiger charge is 2.13. The van der Waals surface area contributed by atoms with Crippen molar-refractivity contribution in [2.24, 2.45) is 0 Å². The van der Waals surface area contributed by atoms with Crippen molar-refractivity contribution in [3.63, 3.8) is 0 Å². The minimum Gasteiger partial charge on any atom is -0.478 e. The third-order valence-electron chi connectivity index (χ3n) is 2.22. The molecule has 19 heavy (non-hydrogen) atoms. The van der Waals surface area contributed by atoms with E-state index >= 15 is 0 Å². The SMILES string of the molecule is O=C(Nc1ccc(I)cc1)Nc1sccc1C(=O)O.